The summed E-state index contributed by atoms with van der Waals surface area (Å²) in [7, 11) is 0. The highest BCUT2D eigenvalue weighted by Crippen LogP contribution is 2.32. The maximum atomic E-state index is 12.2. The van der Waals surface area contributed by atoms with Gasteiger partial charge in [-0.05, 0) is 30.3 Å². The van der Waals surface area contributed by atoms with Gasteiger partial charge >= 0.3 is 6.09 Å². The number of pyridine rings is 1. The van der Waals surface area contributed by atoms with Crippen LogP contribution in [0, 0.1) is 0 Å². The molecule has 1 aromatic heterocycles. The van der Waals surface area contributed by atoms with Crippen molar-refractivity contribution in [1.29, 1.82) is 0 Å². The summed E-state index contributed by atoms with van der Waals surface area (Å²) in [5, 5.41) is 38.2. The second-order valence-electron chi connectivity index (χ2n) is 4.89. The lowest BCUT2D eigenvalue weighted by molar-refractivity contribution is 0.197. The number of phenols is 3. The Bertz CT molecular complexity index is 1010. The van der Waals surface area contributed by atoms with E-state index in [2.05, 4.69) is 0 Å². The van der Waals surface area contributed by atoms with Crippen LogP contribution in [0.25, 0.3) is 22.2 Å². The number of benzene rings is 2. The van der Waals surface area contributed by atoms with E-state index in [1.54, 1.807) is 0 Å². The highest BCUT2D eigenvalue weighted by Gasteiger charge is 2.18. The maximum Gasteiger partial charge on any atom is 0.416 e. The summed E-state index contributed by atoms with van der Waals surface area (Å²) >= 11 is 0. The third-order valence-corrected chi connectivity index (χ3v) is 3.48. The molecule has 3 aromatic rings. The number of hydrogen-bond donors (Lipinski definition) is 4. The molecule has 0 radical (unpaired) electrons. The number of hydrogen-bond acceptors (Lipinski definition) is 5. The van der Waals surface area contributed by atoms with Gasteiger partial charge in [-0.2, -0.15) is 0 Å². The zero-order valence-corrected chi connectivity index (χ0v) is 11.6. The van der Waals surface area contributed by atoms with Crippen LogP contribution in [0.15, 0.2) is 47.3 Å². The quantitative estimate of drug-likeness (QED) is 0.512. The molecule has 0 unspecified atom stereocenters. The minimum atomic E-state index is -1.36. The zero-order valence-electron chi connectivity index (χ0n) is 11.6. The van der Waals surface area contributed by atoms with Crippen molar-refractivity contribution in [2.45, 2.75) is 0 Å². The van der Waals surface area contributed by atoms with Crippen molar-refractivity contribution in [2.24, 2.45) is 0 Å². The molecular weight excluding hydrogens is 302 g/mol. The van der Waals surface area contributed by atoms with Gasteiger partial charge in [0.1, 0.15) is 5.75 Å². The molecule has 0 spiro atoms. The number of carboxylic acid groups (broad SMARTS) is 1. The molecule has 0 aliphatic rings. The van der Waals surface area contributed by atoms with Crippen molar-refractivity contribution < 1.29 is 25.2 Å². The highest BCUT2D eigenvalue weighted by atomic mass is 16.4. The fourth-order valence-corrected chi connectivity index (χ4v) is 2.46. The van der Waals surface area contributed by atoms with Crippen LogP contribution < -0.4 is 5.43 Å². The number of rotatable bonds is 1. The summed E-state index contributed by atoms with van der Waals surface area (Å²) in [5.41, 5.74) is -0.299. The summed E-state index contributed by atoms with van der Waals surface area (Å²) < 4.78 is 0.836. The van der Waals surface area contributed by atoms with Crippen molar-refractivity contribution in [3.8, 4) is 28.5 Å². The summed E-state index contributed by atoms with van der Waals surface area (Å²) in [4.78, 5) is 23.9. The molecule has 0 amide bonds. The molecular formula is C16H11NO6. The van der Waals surface area contributed by atoms with E-state index in [9.17, 15) is 30.0 Å². The molecule has 0 aliphatic heterocycles. The Morgan fingerprint density at radius 1 is 0.913 bits per heavy atom. The van der Waals surface area contributed by atoms with E-state index in [1.165, 1.54) is 30.3 Å². The van der Waals surface area contributed by atoms with Crippen LogP contribution in [-0.4, -0.2) is 31.1 Å². The lowest BCUT2D eigenvalue weighted by atomic mass is 10.1. The smallest absolute Gasteiger partial charge is 0.416 e. The van der Waals surface area contributed by atoms with Gasteiger partial charge in [0.25, 0.3) is 0 Å². The van der Waals surface area contributed by atoms with Gasteiger partial charge in [-0.25, -0.2) is 9.36 Å². The van der Waals surface area contributed by atoms with E-state index in [4.69, 9.17) is 0 Å². The van der Waals surface area contributed by atoms with Crippen molar-refractivity contribution in [2.75, 3.05) is 0 Å². The van der Waals surface area contributed by atoms with Crippen molar-refractivity contribution in [1.82, 2.24) is 4.57 Å². The van der Waals surface area contributed by atoms with Gasteiger partial charge in [-0.3, -0.25) is 4.79 Å². The maximum absolute atomic E-state index is 12.2. The molecule has 0 saturated carbocycles. The Labute approximate surface area is 128 Å². The minimum Gasteiger partial charge on any atom is -0.507 e. The molecule has 0 fully saturated rings. The standard InChI is InChI=1S/C16H11NO6/c18-11-5-4-8(6-13(11)20)10-7-14(21)15-9(17(10)16(22)23)2-1-3-12(15)19/h1-7,18-20H,(H,22,23). The molecule has 23 heavy (non-hydrogen) atoms. The van der Waals surface area contributed by atoms with E-state index >= 15 is 0 Å². The van der Waals surface area contributed by atoms with Crippen LogP contribution in [0.1, 0.15) is 0 Å². The largest absolute Gasteiger partial charge is 0.507 e. The van der Waals surface area contributed by atoms with Gasteiger partial charge < -0.3 is 20.4 Å². The summed E-state index contributed by atoms with van der Waals surface area (Å²) in [6.07, 6.45) is -1.36. The Hall–Kier alpha value is -3.48. The normalized spacial score (nSPS) is 10.8. The van der Waals surface area contributed by atoms with E-state index in [-0.39, 0.29) is 33.7 Å². The molecule has 7 nitrogen and oxygen atoms in total. The zero-order chi connectivity index (χ0) is 16.7. The molecule has 0 saturated heterocycles. The van der Waals surface area contributed by atoms with E-state index in [0.717, 1.165) is 16.7 Å². The second kappa shape index (κ2) is 5.06. The molecule has 3 rings (SSSR count). The monoisotopic (exact) mass is 313 g/mol. The average Bonchev–Trinajstić information content (AvgIpc) is 2.49. The van der Waals surface area contributed by atoms with E-state index in [1.807, 2.05) is 0 Å². The predicted molar refractivity (Wildman–Crippen MR) is 82.1 cm³/mol. The van der Waals surface area contributed by atoms with Crippen LogP contribution >= 0.6 is 0 Å². The third-order valence-electron chi connectivity index (χ3n) is 3.48. The van der Waals surface area contributed by atoms with Crippen molar-refractivity contribution in [3.63, 3.8) is 0 Å². The van der Waals surface area contributed by atoms with Crippen LogP contribution in [0.3, 0.4) is 0 Å². The average molecular weight is 313 g/mol. The van der Waals surface area contributed by atoms with Crippen LogP contribution in [0.2, 0.25) is 0 Å². The van der Waals surface area contributed by atoms with E-state index < -0.39 is 17.3 Å². The SMILES string of the molecule is O=C(O)n1c(-c2ccc(O)c(O)c2)cc(=O)c2c(O)cccc21. The lowest BCUT2D eigenvalue weighted by Gasteiger charge is -2.13. The summed E-state index contributed by atoms with van der Waals surface area (Å²) in [5.74, 6) is -1.12. The first-order valence-corrected chi connectivity index (χ1v) is 6.53. The Morgan fingerprint density at radius 3 is 2.30 bits per heavy atom. The topological polar surface area (TPSA) is 120 Å². The van der Waals surface area contributed by atoms with Gasteiger partial charge in [0.05, 0.1) is 16.6 Å². The van der Waals surface area contributed by atoms with Gasteiger partial charge in [0.2, 0.25) is 0 Å². The van der Waals surface area contributed by atoms with Crippen molar-refractivity contribution in [3.05, 3.63) is 52.7 Å². The first kappa shape index (κ1) is 14.5. The predicted octanol–water partition coefficient (Wildman–Crippen LogP) is 2.31. The lowest BCUT2D eigenvalue weighted by Crippen LogP contribution is -2.17. The molecule has 0 atom stereocenters. The van der Waals surface area contributed by atoms with Gasteiger partial charge in [-0.15, -0.1) is 0 Å². The minimum absolute atomic E-state index is 0.0101. The molecule has 116 valence electrons. The molecule has 0 bridgehead atoms. The first-order valence-electron chi connectivity index (χ1n) is 6.53. The highest BCUT2D eigenvalue weighted by molar-refractivity contribution is 5.94. The number of fused-ring (bicyclic) bond motifs is 1. The molecule has 4 N–H and O–H groups in total. The van der Waals surface area contributed by atoms with Crippen LogP contribution in [0.5, 0.6) is 17.2 Å². The third kappa shape index (κ3) is 2.24. The first-order chi connectivity index (χ1) is 10.9. The summed E-state index contributed by atoms with van der Waals surface area (Å²) in [6.45, 7) is 0. The number of aromatic hydroxyl groups is 3. The van der Waals surface area contributed by atoms with Gasteiger partial charge in [-0.1, -0.05) is 6.07 Å². The summed E-state index contributed by atoms with van der Waals surface area (Å²) in [6, 6.07) is 8.89. The number of aromatic nitrogens is 1. The number of nitrogens with zero attached hydrogens (tertiary/aromatic N) is 1. The van der Waals surface area contributed by atoms with Gasteiger partial charge in [0.15, 0.2) is 16.9 Å². The fourth-order valence-electron chi connectivity index (χ4n) is 2.46. The molecule has 7 heteroatoms. The molecule has 2 aromatic carbocycles. The Balaban J connectivity index is 2.46. The van der Waals surface area contributed by atoms with Crippen LogP contribution in [-0.2, 0) is 0 Å². The number of phenolic OH excluding ortho intramolecular Hbond substituents is 3. The number of carbonyl (C=O) groups is 1. The fraction of sp³-hybridized carbons (Fsp3) is 0. The second-order valence-corrected chi connectivity index (χ2v) is 4.89. The molecule has 1 heterocycles. The van der Waals surface area contributed by atoms with E-state index in [0.29, 0.717) is 0 Å². The Kier molecular flexibility index (Phi) is 3.18. The van der Waals surface area contributed by atoms with Gasteiger partial charge in [0, 0.05) is 11.6 Å². The Morgan fingerprint density at radius 2 is 1.65 bits per heavy atom. The van der Waals surface area contributed by atoms with Crippen molar-refractivity contribution >= 4 is 17.0 Å². The van der Waals surface area contributed by atoms with Crippen LogP contribution in [0.4, 0.5) is 4.79 Å². The molecule has 0 aliphatic carbocycles.